The minimum Gasteiger partial charge on any atom is -0.293 e. The molecule has 0 radical (unpaired) electrons. The quantitative estimate of drug-likeness (QED) is 0.883. The first-order valence-corrected chi connectivity index (χ1v) is 10.5. The number of nitrogens with zero attached hydrogens (tertiary/aromatic N) is 3. The average Bonchev–Trinajstić information content (AvgIpc) is 2.76. The van der Waals surface area contributed by atoms with E-state index in [1.807, 2.05) is 10.7 Å². The van der Waals surface area contributed by atoms with Crippen LogP contribution in [0.15, 0.2) is 24.3 Å². The first-order valence-electron chi connectivity index (χ1n) is 8.58. The molecule has 0 spiro atoms. The van der Waals surface area contributed by atoms with Gasteiger partial charge in [-0.15, -0.1) is 0 Å². The van der Waals surface area contributed by atoms with Gasteiger partial charge >= 0.3 is 0 Å². The van der Waals surface area contributed by atoms with Crippen LogP contribution in [0.5, 0.6) is 0 Å². The fourth-order valence-electron chi connectivity index (χ4n) is 3.43. The molecule has 1 aliphatic heterocycles. The third kappa shape index (κ3) is 5.14. The summed E-state index contributed by atoms with van der Waals surface area (Å²) in [6.45, 7) is 8.17. The van der Waals surface area contributed by atoms with Crippen LogP contribution in [0.3, 0.4) is 0 Å². The third-order valence-corrected chi connectivity index (χ3v) is 5.02. The molecule has 0 aliphatic carbocycles. The predicted molar refractivity (Wildman–Crippen MR) is 98.6 cm³/mol. The van der Waals surface area contributed by atoms with Crippen molar-refractivity contribution in [2.24, 2.45) is 0 Å². The molecule has 7 heteroatoms. The molecule has 136 valence electrons. The molecule has 0 saturated heterocycles. The predicted octanol–water partition coefficient (Wildman–Crippen LogP) is 1.96. The van der Waals surface area contributed by atoms with E-state index in [9.17, 15) is 8.42 Å². The number of benzene rings is 1. The molecule has 0 unspecified atom stereocenters. The highest BCUT2D eigenvalue weighted by Crippen LogP contribution is 2.18. The monoisotopic (exact) mass is 362 g/mol. The maximum Gasteiger partial charge on any atom is 0.209 e. The molecule has 0 bridgehead atoms. The Kier molecular flexibility index (Phi) is 5.27. The van der Waals surface area contributed by atoms with Crippen LogP contribution in [0.25, 0.3) is 0 Å². The normalized spacial score (nSPS) is 15.8. The lowest BCUT2D eigenvalue weighted by atomic mass is 10.1. The molecule has 0 atom stereocenters. The van der Waals surface area contributed by atoms with Gasteiger partial charge in [0.2, 0.25) is 10.0 Å². The van der Waals surface area contributed by atoms with E-state index in [0.29, 0.717) is 0 Å². The molecule has 1 aromatic carbocycles. The zero-order chi connectivity index (χ0) is 18.0. The van der Waals surface area contributed by atoms with Gasteiger partial charge in [0.1, 0.15) is 0 Å². The number of sulfonamides is 1. The summed E-state index contributed by atoms with van der Waals surface area (Å²) in [6.07, 6.45) is 2.21. The lowest BCUT2D eigenvalue weighted by molar-refractivity contribution is 0.261. The smallest absolute Gasteiger partial charge is 0.209 e. The van der Waals surface area contributed by atoms with Gasteiger partial charge in [0.15, 0.2) is 0 Å². The van der Waals surface area contributed by atoms with Crippen molar-refractivity contribution in [3.8, 4) is 0 Å². The minimum absolute atomic E-state index is 0.246. The Morgan fingerprint density at radius 2 is 1.84 bits per heavy atom. The Labute approximate surface area is 149 Å². The van der Waals surface area contributed by atoms with Crippen molar-refractivity contribution in [1.29, 1.82) is 0 Å². The molecular formula is C18H26N4O2S. The highest BCUT2D eigenvalue weighted by atomic mass is 32.2. The highest BCUT2D eigenvalue weighted by molar-refractivity contribution is 7.88. The highest BCUT2D eigenvalue weighted by Gasteiger charge is 2.17. The van der Waals surface area contributed by atoms with E-state index in [2.05, 4.69) is 46.8 Å². The second-order valence-electron chi connectivity index (χ2n) is 7.00. The van der Waals surface area contributed by atoms with Crippen molar-refractivity contribution in [2.45, 2.75) is 46.4 Å². The van der Waals surface area contributed by atoms with E-state index in [1.54, 1.807) is 0 Å². The van der Waals surface area contributed by atoms with Crippen molar-refractivity contribution < 1.29 is 8.42 Å². The van der Waals surface area contributed by atoms with E-state index < -0.39 is 10.0 Å². The molecule has 0 saturated carbocycles. The fourth-order valence-corrected chi connectivity index (χ4v) is 3.84. The Morgan fingerprint density at radius 1 is 1.12 bits per heavy atom. The van der Waals surface area contributed by atoms with Gasteiger partial charge in [0.05, 0.1) is 24.2 Å². The van der Waals surface area contributed by atoms with Crippen LogP contribution in [-0.2, 0) is 36.2 Å². The van der Waals surface area contributed by atoms with Gasteiger partial charge < -0.3 is 0 Å². The van der Waals surface area contributed by atoms with Crippen molar-refractivity contribution in [3.05, 3.63) is 52.3 Å². The summed E-state index contributed by atoms with van der Waals surface area (Å²) >= 11 is 0. The van der Waals surface area contributed by atoms with Crippen molar-refractivity contribution in [1.82, 2.24) is 19.4 Å². The van der Waals surface area contributed by atoms with Gasteiger partial charge in [0, 0.05) is 26.2 Å². The molecular weight excluding hydrogens is 336 g/mol. The Morgan fingerprint density at radius 3 is 2.52 bits per heavy atom. The summed E-state index contributed by atoms with van der Waals surface area (Å²) in [4.78, 5) is 2.43. The third-order valence-electron chi connectivity index (χ3n) is 4.35. The summed E-state index contributed by atoms with van der Waals surface area (Å²) in [6, 6.07) is 8.70. The first-order chi connectivity index (χ1) is 11.8. The van der Waals surface area contributed by atoms with Crippen LogP contribution in [0.1, 0.15) is 34.5 Å². The summed E-state index contributed by atoms with van der Waals surface area (Å²) in [5.74, 6) is 0. The number of aromatic nitrogens is 2. The SMILES string of the molecule is Cc1cc(C)cc(CN2CCCn3nc(CNS(C)(=O)=O)cc3C2)c1. The number of rotatable bonds is 5. The van der Waals surface area contributed by atoms with Crippen LogP contribution in [0.2, 0.25) is 0 Å². The van der Waals surface area contributed by atoms with E-state index in [-0.39, 0.29) is 6.54 Å². The molecule has 0 amide bonds. The Balaban J connectivity index is 1.71. The summed E-state index contributed by atoms with van der Waals surface area (Å²) in [7, 11) is -3.20. The lowest BCUT2D eigenvalue weighted by Crippen LogP contribution is -2.23. The van der Waals surface area contributed by atoms with Gasteiger partial charge in [-0.2, -0.15) is 5.10 Å². The lowest BCUT2D eigenvalue weighted by Gasteiger charge is -2.20. The summed E-state index contributed by atoms with van der Waals surface area (Å²) in [5, 5.41) is 4.55. The van der Waals surface area contributed by atoms with E-state index in [0.717, 1.165) is 44.0 Å². The fraction of sp³-hybridized carbons (Fsp3) is 0.500. The van der Waals surface area contributed by atoms with Crippen molar-refractivity contribution >= 4 is 10.0 Å². The maximum absolute atomic E-state index is 11.3. The number of nitrogens with one attached hydrogen (secondary N) is 1. The van der Waals surface area contributed by atoms with Gasteiger partial charge in [-0.05, 0) is 31.9 Å². The van der Waals surface area contributed by atoms with Crippen LogP contribution in [0, 0.1) is 13.8 Å². The molecule has 6 nitrogen and oxygen atoms in total. The second-order valence-corrected chi connectivity index (χ2v) is 8.84. The average molecular weight is 362 g/mol. The molecule has 2 heterocycles. The number of hydrogen-bond donors (Lipinski definition) is 1. The van der Waals surface area contributed by atoms with Crippen LogP contribution < -0.4 is 4.72 Å². The van der Waals surface area contributed by atoms with Gasteiger partial charge in [-0.1, -0.05) is 29.3 Å². The van der Waals surface area contributed by atoms with Crippen molar-refractivity contribution in [2.75, 3.05) is 12.8 Å². The molecule has 1 N–H and O–H groups in total. The number of aryl methyl sites for hydroxylation is 3. The molecule has 3 rings (SSSR count). The van der Waals surface area contributed by atoms with Crippen molar-refractivity contribution in [3.63, 3.8) is 0 Å². The van der Waals surface area contributed by atoms with Crippen LogP contribution in [-0.4, -0.2) is 35.9 Å². The standard InChI is InChI=1S/C18H26N4O2S/c1-14-7-15(2)9-16(8-14)12-21-5-4-6-22-18(13-21)10-17(20-22)11-19-25(3,23)24/h7-10,19H,4-6,11-13H2,1-3H3. The van der Waals surface area contributed by atoms with E-state index in [1.165, 1.54) is 22.9 Å². The molecule has 0 fully saturated rings. The molecule has 2 aromatic rings. The zero-order valence-electron chi connectivity index (χ0n) is 15.1. The largest absolute Gasteiger partial charge is 0.293 e. The Hall–Kier alpha value is -1.70. The summed E-state index contributed by atoms with van der Waals surface area (Å²) in [5.41, 5.74) is 5.85. The first kappa shape index (κ1) is 18.1. The Bertz CT molecular complexity index is 838. The number of hydrogen-bond acceptors (Lipinski definition) is 4. The van der Waals surface area contributed by atoms with Gasteiger partial charge in [0.25, 0.3) is 0 Å². The van der Waals surface area contributed by atoms with E-state index >= 15 is 0 Å². The number of fused-ring (bicyclic) bond motifs is 1. The van der Waals surface area contributed by atoms with Gasteiger partial charge in [-0.25, -0.2) is 13.1 Å². The van der Waals surface area contributed by atoms with Crippen LogP contribution >= 0.6 is 0 Å². The second kappa shape index (κ2) is 7.27. The minimum atomic E-state index is -3.20. The molecule has 1 aliphatic rings. The van der Waals surface area contributed by atoms with Crippen LogP contribution in [0.4, 0.5) is 0 Å². The zero-order valence-corrected chi connectivity index (χ0v) is 15.9. The molecule has 25 heavy (non-hydrogen) atoms. The van der Waals surface area contributed by atoms with Gasteiger partial charge in [-0.3, -0.25) is 9.58 Å². The topological polar surface area (TPSA) is 67.2 Å². The van der Waals surface area contributed by atoms with E-state index in [4.69, 9.17) is 0 Å². The maximum atomic E-state index is 11.3. The summed E-state index contributed by atoms with van der Waals surface area (Å²) < 4.78 is 27.0. The molecule has 1 aromatic heterocycles.